The fourth-order valence-electron chi connectivity index (χ4n) is 2.74. The molecule has 1 N–H and O–H groups in total. The van der Waals surface area contributed by atoms with Crippen LogP contribution in [-0.2, 0) is 0 Å². The first-order valence-corrected chi connectivity index (χ1v) is 8.49. The first-order valence-electron chi connectivity index (χ1n) is 7.36. The molecule has 0 atom stereocenters. The average Bonchev–Trinajstić information content (AvgIpc) is 3.03. The van der Waals surface area contributed by atoms with Crippen LogP contribution < -0.4 is 10.2 Å². The molecule has 1 aliphatic rings. The van der Waals surface area contributed by atoms with E-state index in [1.54, 1.807) is 18.2 Å². The van der Waals surface area contributed by atoms with Crippen LogP contribution in [0.1, 0.15) is 23.2 Å². The van der Waals surface area contributed by atoms with Gasteiger partial charge in [0.25, 0.3) is 5.91 Å². The molecular formula is C17H15Cl3N2O. The van der Waals surface area contributed by atoms with Crippen molar-refractivity contribution in [3.63, 3.8) is 0 Å². The van der Waals surface area contributed by atoms with E-state index in [0.29, 0.717) is 26.3 Å². The standard InChI is InChI=1S/C17H15Cl3N2O/c18-11-6-7-13(19)12(10-11)17(23)21-15-5-3-4-14(20)16(15)22-8-1-2-9-22/h3-7,10H,1-2,8-9H2,(H,21,23). The average molecular weight is 370 g/mol. The second-order valence-corrected chi connectivity index (χ2v) is 6.66. The quantitative estimate of drug-likeness (QED) is 0.775. The van der Waals surface area contributed by atoms with E-state index in [2.05, 4.69) is 10.2 Å². The Labute approximate surface area is 150 Å². The van der Waals surface area contributed by atoms with Gasteiger partial charge in [0.2, 0.25) is 0 Å². The molecule has 23 heavy (non-hydrogen) atoms. The van der Waals surface area contributed by atoms with Gasteiger partial charge in [0.15, 0.2) is 0 Å². The Kier molecular flexibility index (Phi) is 5.00. The fraction of sp³-hybridized carbons (Fsp3) is 0.235. The molecule has 1 heterocycles. The van der Waals surface area contributed by atoms with Crippen LogP contribution >= 0.6 is 34.8 Å². The third-order valence-corrected chi connectivity index (χ3v) is 4.70. The number of halogens is 3. The summed E-state index contributed by atoms with van der Waals surface area (Å²) in [4.78, 5) is 14.7. The number of nitrogens with zero attached hydrogens (tertiary/aromatic N) is 1. The van der Waals surface area contributed by atoms with Gasteiger partial charge in [-0.2, -0.15) is 0 Å². The molecule has 0 aromatic heterocycles. The first kappa shape index (κ1) is 16.4. The van der Waals surface area contributed by atoms with Gasteiger partial charge in [0.1, 0.15) is 0 Å². The smallest absolute Gasteiger partial charge is 0.257 e. The summed E-state index contributed by atoms with van der Waals surface area (Å²) < 4.78 is 0. The van der Waals surface area contributed by atoms with Gasteiger partial charge >= 0.3 is 0 Å². The van der Waals surface area contributed by atoms with Crippen molar-refractivity contribution in [1.29, 1.82) is 0 Å². The number of carbonyl (C=O) groups excluding carboxylic acids is 1. The number of nitrogens with one attached hydrogen (secondary N) is 1. The lowest BCUT2D eigenvalue weighted by Gasteiger charge is -2.23. The molecule has 0 aliphatic carbocycles. The Morgan fingerprint density at radius 2 is 1.74 bits per heavy atom. The van der Waals surface area contributed by atoms with Crippen LogP contribution in [0.5, 0.6) is 0 Å². The molecule has 0 saturated carbocycles. The van der Waals surface area contributed by atoms with Crippen LogP contribution in [0.4, 0.5) is 11.4 Å². The van der Waals surface area contributed by atoms with Crippen LogP contribution in [0.3, 0.4) is 0 Å². The van der Waals surface area contributed by atoms with E-state index in [4.69, 9.17) is 34.8 Å². The topological polar surface area (TPSA) is 32.3 Å². The van der Waals surface area contributed by atoms with Gasteiger partial charge in [-0.05, 0) is 43.2 Å². The normalized spacial score (nSPS) is 14.1. The molecule has 0 radical (unpaired) electrons. The number of amides is 1. The lowest BCUT2D eigenvalue weighted by molar-refractivity contribution is 0.102. The molecule has 1 saturated heterocycles. The molecule has 0 bridgehead atoms. The summed E-state index contributed by atoms with van der Waals surface area (Å²) in [6.07, 6.45) is 2.25. The largest absolute Gasteiger partial charge is 0.369 e. The number of hydrogen-bond donors (Lipinski definition) is 1. The maximum Gasteiger partial charge on any atom is 0.257 e. The van der Waals surface area contributed by atoms with Gasteiger partial charge in [-0.25, -0.2) is 0 Å². The number of para-hydroxylation sites is 1. The van der Waals surface area contributed by atoms with E-state index in [0.717, 1.165) is 31.6 Å². The summed E-state index contributed by atoms with van der Waals surface area (Å²) >= 11 is 18.4. The Hall–Kier alpha value is -1.42. The molecule has 2 aromatic carbocycles. The molecule has 120 valence electrons. The lowest BCUT2D eigenvalue weighted by Crippen LogP contribution is -2.21. The van der Waals surface area contributed by atoms with Crippen LogP contribution in [0.2, 0.25) is 15.1 Å². The van der Waals surface area contributed by atoms with Crippen molar-refractivity contribution >= 4 is 52.1 Å². The number of anilines is 2. The molecule has 6 heteroatoms. The van der Waals surface area contributed by atoms with Gasteiger partial charge in [-0.3, -0.25) is 4.79 Å². The Morgan fingerprint density at radius 3 is 2.48 bits per heavy atom. The maximum atomic E-state index is 12.5. The Balaban J connectivity index is 1.92. The lowest BCUT2D eigenvalue weighted by atomic mass is 10.2. The third-order valence-electron chi connectivity index (χ3n) is 3.83. The van der Waals surface area contributed by atoms with Gasteiger partial charge < -0.3 is 10.2 Å². The molecule has 3 nitrogen and oxygen atoms in total. The highest BCUT2D eigenvalue weighted by Gasteiger charge is 2.20. The van der Waals surface area contributed by atoms with Crippen molar-refractivity contribution < 1.29 is 4.79 Å². The van der Waals surface area contributed by atoms with Gasteiger partial charge in [-0.1, -0.05) is 40.9 Å². The minimum absolute atomic E-state index is 0.305. The van der Waals surface area contributed by atoms with Crippen molar-refractivity contribution in [3.8, 4) is 0 Å². The van der Waals surface area contributed by atoms with Crippen LogP contribution in [0.15, 0.2) is 36.4 Å². The number of hydrogen-bond acceptors (Lipinski definition) is 2. The van der Waals surface area contributed by atoms with Gasteiger partial charge in [-0.15, -0.1) is 0 Å². The van der Waals surface area contributed by atoms with Crippen molar-refractivity contribution in [2.75, 3.05) is 23.3 Å². The first-order chi connectivity index (χ1) is 11.1. The van der Waals surface area contributed by atoms with Gasteiger partial charge in [0.05, 0.1) is 27.0 Å². The molecule has 2 aromatic rings. The van der Waals surface area contributed by atoms with E-state index >= 15 is 0 Å². The van der Waals surface area contributed by atoms with E-state index in [1.807, 2.05) is 18.2 Å². The molecule has 1 fully saturated rings. The highest BCUT2D eigenvalue weighted by atomic mass is 35.5. The number of benzene rings is 2. The third kappa shape index (κ3) is 3.57. The van der Waals surface area contributed by atoms with Crippen molar-refractivity contribution in [2.45, 2.75) is 12.8 Å². The highest BCUT2D eigenvalue weighted by molar-refractivity contribution is 6.37. The van der Waals surface area contributed by atoms with Crippen LogP contribution in [-0.4, -0.2) is 19.0 Å². The minimum atomic E-state index is -0.305. The zero-order chi connectivity index (χ0) is 16.4. The molecular weight excluding hydrogens is 355 g/mol. The van der Waals surface area contributed by atoms with Crippen molar-refractivity contribution in [2.24, 2.45) is 0 Å². The number of rotatable bonds is 3. The van der Waals surface area contributed by atoms with Crippen LogP contribution in [0.25, 0.3) is 0 Å². The van der Waals surface area contributed by atoms with E-state index < -0.39 is 0 Å². The van der Waals surface area contributed by atoms with E-state index in [9.17, 15) is 4.79 Å². The predicted octanol–water partition coefficient (Wildman–Crippen LogP) is 5.50. The second-order valence-electron chi connectivity index (χ2n) is 5.41. The highest BCUT2D eigenvalue weighted by Crippen LogP contribution is 2.36. The van der Waals surface area contributed by atoms with Gasteiger partial charge in [0, 0.05) is 18.1 Å². The monoisotopic (exact) mass is 368 g/mol. The molecule has 1 amide bonds. The minimum Gasteiger partial charge on any atom is -0.369 e. The zero-order valence-corrected chi connectivity index (χ0v) is 14.5. The predicted molar refractivity (Wildman–Crippen MR) is 97.3 cm³/mol. The Bertz CT molecular complexity index is 743. The summed E-state index contributed by atoms with van der Waals surface area (Å²) in [6.45, 7) is 1.87. The summed E-state index contributed by atoms with van der Waals surface area (Å²) in [6, 6.07) is 10.3. The molecule has 3 rings (SSSR count). The second kappa shape index (κ2) is 7.00. The summed E-state index contributed by atoms with van der Waals surface area (Å²) in [5.74, 6) is -0.305. The summed E-state index contributed by atoms with van der Waals surface area (Å²) in [5.41, 5.74) is 1.88. The van der Waals surface area contributed by atoms with Crippen LogP contribution in [0, 0.1) is 0 Å². The maximum absolute atomic E-state index is 12.5. The molecule has 0 spiro atoms. The number of carbonyl (C=O) groups is 1. The van der Waals surface area contributed by atoms with E-state index in [-0.39, 0.29) is 5.91 Å². The summed E-state index contributed by atoms with van der Waals surface area (Å²) in [7, 11) is 0. The molecule has 0 unspecified atom stereocenters. The SMILES string of the molecule is O=C(Nc1cccc(Cl)c1N1CCCC1)c1cc(Cl)ccc1Cl. The zero-order valence-electron chi connectivity index (χ0n) is 12.3. The molecule has 1 aliphatic heterocycles. The summed E-state index contributed by atoms with van der Waals surface area (Å²) in [5, 5.41) is 4.35. The fourth-order valence-corrected chi connectivity index (χ4v) is 3.41. The Morgan fingerprint density at radius 1 is 1.00 bits per heavy atom. The van der Waals surface area contributed by atoms with Crippen molar-refractivity contribution in [3.05, 3.63) is 57.0 Å². The van der Waals surface area contributed by atoms with E-state index in [1.165, 1.54) is 0 Å². The van der Waals surface area contributed by atoms with Crippen molar-refractivity contribution in [1.82, 2.24) is 0 Å².